The van der Waals surface area contributed by atoms with Gasteiger partial charge in [0.15, 0.2) is 11.5 Å². The molecular formula is C22H21N3O3S. The van der Waals surface area contributed by atoms with Gasteiger partial charge in [-0.15, -0.1) is 0 Å². The van der Waals surface area contributed by atoms with Crippen LogP contribution >= 0.6 is 11.3 Å². The van der Waals surface area contributed by atoms with E-state index in [0.717, 1.165) is 27.5 Å². The smallest absolute Gasteiger partial charge is 0.213 e. The molecule has 0 atom stereocenters. The van der Waals surface area contributed by atoms with Crippen molar-refractivity contribution in [3.63, 3.8) is 0 Å². The average Bonchev–Trinajstić information content (AvgIpc) is 3.44. The fraction of sp³-hybridized carbons (Fsp3) is 0.273. The van der Waals surface area contributed by atoms with Crippen molar-refractivity contribution in [3.05, 3.63) is 47.5 Å². The monoisotopic (exact) mass is 407 g/mol. The van der Waals surface area contributed by atoms with Gasteiger partial charge in [-0.1, -0.05) is 41.7 Å². The Morgan fingerprint density at radius 2 is 1.62 bits per heavy atom. The fourth-order valence-corrected chi connectivity index (χ4v) is 4.60. The van der Waals surface area contributed by atoms with Crippen molar-refractivity contribution in [2.45, 2.75) is 18.8 Å². The molecule has 0 bridgehead atoms. The number of fused-ring (bicyclic) bond motifs is 1. The van der Waals surface area contributed by atoms with Crippen LogP contribution in [0.1, 0.15) is 23.8 Å². The predicted molar refractivity (Wildman–Crippen MR) is 113 cm³/mol. The summed E-state index contributed by atoms with van der Waals surface area (Å²) in [4.78, 5) is 5.86. The Morgan fingerprint density at radius 1 is 0.931 bits per heavy atom. The first-order valence-electron chi connectivity index (χ1n) is 9.48. The first-order valence-corrected chi connectivity index (χ1v) is 10.3. The summed E-state index contributed by atoms with van der Waals surface area (Å²) >= 11 is 1.67. The molecule has 0 radical (unpaired) electrons. The molecule has 2 aromatic carbocycles. The second-order valence-corrected chi connectivity index (χ2v) is 7.99. The zero-order valence-electron chi connectivity index (χ0n) is 16.5. The number of methoxy groups -OCH3 is 3. The van der Waals surface area contributed by atoms with Crippen LogP contribution in [0.2, 0.25) is 0 Å². The third kappa shape index (κ3) is 3.02. The summed E-state index contributed by atoms with van der Waals surface area (Å²) in [7, 11) is 4.84. The van der Waals surface area contributed by atoms with Crippen LogP contribution in [-0.2, 0) is 0 Å². The predicted octanol–water partition coefficient (Wildman–Crippen LogP) is 5.03. The molecule has 1 saturated carbocycles. The number of benzene rings is 2. The topological polar surface area (TPSA) is 57.9 Å². The van der Waals surface area contributed by atoms with Crippen LogP contribution in [0.25, 0.3) is 27.5 Å². The molecule has 0 amide bonds. The molecule has 5 rings (SSSR count). The molecule has 2 heterocycles. The molecule has 29 heavy (non-hydrogen) atoms. The highest BCUT2D eigenvalue weighted by Crippen LogP contribution is 2.46. The van der Waals surface area contributed by atoms with Gasteiger partial charge in [0.25, 0.3) is 0 Å². The molecule has 4 aromatic rings. The quantitative estimate of drug-likeness (QED) is 0.449. The van der Waals surface area contributed by atoms with Crippen molar-refractivity contribution in [2.24, 2.45) is 0 Å². The van der Waals surface area contributed by atoms with Gasteiger partial charge >= 0.3 is 0 Å². The highest BCUT2D eigenvalue weighted by atomic mass is 32.1. The summed E-state index contributed by atoms with van der Waals surface area (Å²) in [6.45, 7) is 0. The highest BCUT2D eigenvalue weighted by Gasteiger charge is 2.30. The summed E-state index contributed by atoms with van der Waals surface area (Å²) in [5.74, 6) is 2.36. The number of hydrogen-bond donors (Lipinski definition) is 0. The second-order valence-electron chi connectivity index (χ2n) is 7.00. The van der Waals surface area contributed by atoms with Crippen LogP contribution in [0.5, 0.6) is 17.2 Å². The van der Waals surface area contributed by atoms with Gasteiger partial charge in [0.05, 0.1) is 21.3 Å². The van der Waals surface area contributed by atoms with Crippen LogP contribution in [0.15, 0.2) is 42.5 Å². The lowest BCUT2D eigenvalue weighted by Gasteiger charge is -2.14. The molecule has 2 aromatic heterocycles. The maximum atomic E-state index is 5.55. The first kappa shape index (κ1) is 18.0. The lowest BCUT2D eigenvalue weighted by molar-refractivity contribution is 0.324. The molecule has 1 aliphatic carbocycles. The molecular weight excluding hydrogens is 386 g/mol. The molecule has 148 valence electrons. The summed E-state index contributed by atoms with van der Waals surface area (Å²) in [5.41, 5.74) is 3.77. The Kier molecular flexibility index (Phi) is 4.39. The van der Waals surface area contributed by atoms with E-state index in [2.05, 4.69) is 12.1 Å². The van der Waals surface area contributed by atoms with Crippen molar-refractivity contribution in [1.82, 2.24) is 14.6 Å². The van der Waals surface area contributed by atoms with E-state index in [1.54, 1.807) is 32.7 Å². The molecule has 1 fully saturated rings. The third-order valence-electron chi connectivity index (χ3n) is 5.13. The zero-order valence-corrected chi connectivity index (χ0v) is 17.3. The first-order chi connectivity index (χ1) is 14.2. The van der Waals surface area contributed by atoms with E-state index >= 15 is 0 Å². The Labute approximate surface area is 172 Å². The minimum atomic E-state index is 0.565. The Hall–Kier alpha value is -3.06. The average molecular weight is 407 g/mol. The molecule has 0 N–H and O–H groups in total. The second kappa shape index (κ2) is 7.08. The van der Waals surface area contributed by atoms with Gasteiger partial charge in [-0.05, 0) is 25.0 Å². The van der Waals surface area contributed by atoms with Crippen molar-refractivity contribution < 1.29 is 14.2 Å². The van der Waals surface area contributed by atoms with E-state index in [1.165, 1.54) is 17.8 Å². The molecule has 6 nitrogen and oxygen atoms in total. The van der Waals surface area contributed by atoms with Gasteiger partial charge in [-0.3, -0.25) is 0 Å². The number of nitrogens with zero attached hydrogens (tertiary/aromatic N) is 3. The molecule has 7 heteroatoms. The molecule has 0 aliphatic heterocycles. The Balaban J connectivity index is 1.76. The van der Waals surface area contributed by atoms with Gasteiger partial charge in [-0.2, -0.15) is 5.10 Å². The van der Waals surface area contributed by atoms with Crippen molar-refractivity contribution in [1.29, 1.82) is 0 Å². The summed E-state index contributed by atoms with van der Waals surface area (Å²) in [6.07, 6.45) is 2.44. The maximum Gasteiger partial charge on any atom is 0.213 e. The highest BCUT2D eigenvalue weighted by molar-refractivity contribution is 7.16. The Bertz CT molecular complexity index is 1150. The van der Waals surface area contributed by atoms with Gasteiger partial charge < -0.3 is 14.2 Å². The largest absolute Gasteiger partial charge is 0.493 e. The molecule has 1 aliphatic rings. The van der Waals surface area contributed by atoms with E-state index in [1.807, 2.05) is 34.8 Å². The van der Waals surface area contributed by atoms with Gasteiger partial charge in [0.1, 0.15) is 16.4 Å². The SMILES string of the molecule is COc1cc(-c2nc3sc(C4CC4)nn3c2-c2ccccc2)cc(OC)c1OC. The van der Waals surface area contributed by atoms with Crippen molar-refractivity contribution >= 4 is 16.3 Å². The van der Waals surface area contributed by atoms with Crippen LogP contribution in [0.3, 0.4) is 0 Å². The molecule has 0 unspecified atom stereocenters. The number of imidazole rings is 1. The van der Waals surface area contributed by atoms with E-state index in [0.29, 0.717) is 23.2 Å². The van der Waals surface area contributed by atoms with E-state index in [9.17, 15) is 0 Å². The van der Waals surface area contributed by atoms with Gasteiger partial charge in [0, 0.05) is 17.0 Å². The lowest BCUT2D eigenvalue weighted by atomic mass is 10.0. The lowest BCUT2D eigenvalue weighted by Crippen LogP contribution is -1.97. The van der Waals surface area contributed by atoms with E-state index in [4.69, 9.17) is 24.3 Å². The van der Waals surface area contributed by atoms with Crippen LogP contribution < -0.4 is 14.2 Å². The van der Waals surface area contributed by atoms with Crippen LogP contribution in [0, 0.1) is 0 Å². The van der Waals surface area contributed by atoms with Crippen LogP contribution in [0.4, 0.5) is 0 Å². The third-order valence-corrected chi connectivity index (χ3v) is 6.20. The zero-order chi connectivity index (χ0) is 20.0. The number of aromatic nitrogens is 3. The fourth-order valence-electron chi connectivity index (χ4n) is 3.53. The number of hydrogen-bond acceptors (Lipinski definition) is 6. The van der Waals surface area contributed by atoms with E-state index < -0.39 is 0 Å². The summed E-state index contributed by atoms with van der Waals surface area (Å²) in [6, 6.07) is 14.1. The Morgan fingerprint density at radius 3 is 2.21 bits per heavy atom. The maximum absolute atomic E-state index is 5.55. The normalized spacial score (nSPS) is 13.6. The van der Waals surface area contributed by atoms with Gasteiger partial charge in [-0.25, -0.2) is 9.50 Å². The summed E-state index contributed by atoms with van der Waals surface area (Å²) in [5, 5.41) is 6.07. The number of ether oxygens (including phenoxy) is 3. The van der Waals surface area contributed by atoms with Crippen molar-refractivity contribution in [2.75, 3.05) is 21.3 Å². The minimum Gasteiger partial charge on any atom is -0.493 e. The molecule has 0 spiro atoms. The van der Waals surface area contributed by atoms with Gasteiger partial charge in [0.2, 0.25) is 10.7 Å². The molecule has 0 saturated heterocycles. The van der Waals surface area contributed by atoms with E-state index in [-0.39, 0.29) is 0 Å². The number of rotatable bonds is 6. The van der Waals surface area contributed by atoms with Crippen LogP contribution in [-0.4, -0.2) is 35.9 Å². The minimum absolute atomic E-state index is 0.565. The van der Waals surface area contributed by atoms with Crippen molar-refractivity contribution in [3.8, 4) is 39.8 Å². The standard InChI is InChI=1S/C22H21N3O3S/c1-26-16-11-15(12-17(27-2)20(16)28-3)18-19(13-7-5-4-6-8-13)25-22(23-18)29-21(24-25)14-9-10-14/h4-8,11-12,14H,9-10H2,1-3H3. The summed E-state index contributed by atoms with van der Waals surface area (Å²) < 4.78 is 18.5.